The van der Waals surface area contributed by atoms with Crippen molar-refractivity contribution in [3.8, 4) is 0 Å². The third kappa shape index (κ3) is 3.02. The van der Waals surface area contributed by atoms with Gasteiger partial charge in [0.05, 0.1) is 5.69 Å². The summed E-state index contributed by atoms with van der Waals surface area (Å²) in [4.78, 5) is 1.98. The van der Waals surface area contributed by atoms with Gasteiger partial charge in [0.2, 0.25) is 0 Å². The second-order valence-corrected chi connectivity index (χ2v) is 5.68. The summed E-state index contributed by atoms with van der Waals surface area (Å²) in [5, 5.41) is 8.59. The molecule has 0 amide bonds. The molecule has 1 heterocycles. The van der Waals surface area contributed by atoms with Crippen LogP contribution in [0.5, 0.6) is 0 Å². The molecule has 0 unspecified atom stereocenters. The Bertz CT molecular complexity index is 538. The Balaban J connectivity index is 2.25. The molecule has 0 aliphatic rings. The van der Waals surface area contributed by atoms with Crippen LogP contribution in [0.15, 0.2) is 36.4 Å². The summed E-state index contributed by atoms with van der Waals surface area (Å²) in [7, 11) is 1.96. The van der Waals surface area contributed by atoms with Gasteiger partial charge in [-0.3, -0.25) is 0 Å². The predicted molar refractivity (Wildman–Crippen MR) is 79.6 cm³/mol. The van der Waals surface area contributed by atoms with E-state index in [-0.39, 0.29) is 5.41 Å². The molecule has 0 aliphatic carbocycles. The normalized spacial score (nSPS) is 11.4. The number of aromatic nitrogens is 2. The number of benzene rings is 1. The molecule has 1 aromatic heterocycles. The zero-order valence-corrected chi connectivity index (χ0v) is 11.9. The van der Waals surface area contributed by atoms with Crippen LogP contribution in [0, 0.1) is 0 Å². The quantitative estimate of drug-likeness (QED) is 0.839. The molecule has 0 radical (unpaired) electrons. The molecule has 0 saturated heterocycles. The largest absolute Gasteiger partial charge is 0.399 e. The molecule has 100 valence electrons. The highest BCUT2D eigenvalue weighted by molar-refractivity contribution is 5.61. The minimum atomic E-state index is 0.0191. The van der Waals surface area contributed by atoms with E-state index in [9.17, 15) is 0 Å². The van der Waals surface area contributed by atoms with Gasteiger partial charge in [-0.2, -0.15) is 5.10 Å². The minimum absolute atomic E-state index is 0.0191. The number of nitrogens with two attached hydrogens (primary N) is 1. The molecule has 4 heteroatoms. The summed E-state index contributed by atoms with van der Waals surface area (Å²) in [5.74, 6) is 0.817. The van der Waals surface area contributed by atoms with Crippen molar-refractivity contribution in [2.75, 3.05) is 17.7 Å². The van der Waals surface area contributed by atoms with Crippen molar-refractivity contribution < 1.29 is 0 Å². The molecule has 0 fully saturated rings. The lowest BCUT2D eigenvalue weighted by molar-refractivity contribution is 0.558. The maximum absolute atomic E-state index is 5.69. The van der Waals surface area contributed by atoms with E-state index in [0.29, 0.717) is 0 Å². The van der Waals surface area contributed by atoms with E-state index in [1.54, 1.807) is 0 Å². The first-order chi connectivity index (χ1) is 8.88. The smallest absolute Gasteiger partial charge is 0.155 e. The van der Waals surface area contributed by atoms with Gasteiger partial charge in [0, 0.05) is 23.8 Å². The summed E-state index contributed by atoms with van der Waals surface area (Å²) >= 11 is 0. The first kappa shape index (κ1) is 13.3. The SMILES string of the molecule is CN(c1ccc(N)cc1)c1ccc(C(C)(C)C)nn1. The summed E-state index contributed by atoms with van der Waals surface area (Å²) in [6.07, 6.45) is 0. The van der Waals surface area contributed by atoms with Crippen molar-refractivity contribution in [3.05, 3.63) is 42.1 Å². The molecule has 1 aromatic carbocycles. The average molecular weight is 256 g/mol. The van der Waals surface area contributed by atoms with Gasteiger partial charge in [-0.15, -0.1) is 5.10 Å². The number of rotatable bonds is 2. The molecular weight excluding hydrogens is 236 g/mol. The Labute approximate surface area is 114 Å². The number of anilines is 3. The predicted octanol–water partition coefficient (Wildman–Crippen LogP) is 3.12. The molecule has 2 rings (SSSR count). The Morgan fingerprint density at radius 2 is 1.58 bits per heavy atom. The van der Waals surface area contributed by atoms with Crippen LogP contribution in [0.1, 0.15) is 26.5 Å². The lowest BCUT2D eigenvalue weighted by atomic mass is 9.92. The van der Waals surface area contributed by atoms with E-state index in [1.807, 2.05) is 48.3 Å². The van der Waals surface area contributed by atoms with E-state index < -0.39 is 0 Å². The average Bonchev–Trinajstić information content (AvgIpc) is 2.38. The van der Waals surface area contributed by atoms with Gasteiger partial charge >= 0.3 is 0 Å². The van der Waals surface area contributed by atoms with E-state index >= 15 is 0 Å². The van der Waals surface area contributed by atoms with Crippen LogP contribution < -0.4 is 10.6 Å². The second kappa shape index (κ2) is 4.88. The molecular formula is C15H20N4. The minimum Gasteiger partial charge on any atom is -0.399 e. The highest BCUT2D eigenvalue weighted by Crippen LogP contribution is 2.24. The van der Waals surface area contributed by atoms with Crippen LogP contribution in [0.4, 0.5) is 17.2 Å². The molecule has 4 nitrogen and oxygen atoms in total. The summed E-state index contributed by atoms with van der Waals surface area (Å²) < 4.78 is 0. The zero-order chi connectivity index (χ0) is 14.0. The molecule has 0 aliphatic heterocycles. The fraction of sp³-hybridized carbons (Fsp3) is 0.333. The third-order valence-electron chi connectivity index (χ3n) is 3.04. The Hall–Kier alpha value is -2.10. The zero-order valence-electron chi connectivity index (χ0n) is 11.9. The highest BCUT2D eigenvalue weighted by Gasteiger charge is 2.16. The maximum Gasteiger partial charge on any atom is 0.155 e. The van der Waals surface area contributed by atoms with Crippen molar-refractivity contribution in [3.63, 3.8) is 0 Å². The van der Waals surface area contributed by atoms with Gasteiger partial charge in [0.25, 0.3) is 0 Å². The highest BCUT2D eigenvalue weighted by atomic mass is 15.2. The number of nitrogen functional groups attached to an aromatic ring is 1. The van der Waals surface area contributed by atoms with E-state index in [1.165, 1.54) is 0 Å². The molecule has 0 bridgehead atoms. The third-order valence-corrected chi connectivity index (χ3v) is 3.04. The topological polar surface area (TPSA) is 55.0 Å². The molecule has 19 heavy (non-hydrogen) atoms. The van der Waals surface area contributed by atoms with Crippen molar-refractivity contribution in [2.45, 2.75) is 26.2 Å². The summed E-state index contributed by atoms with van der Waals surface area (Å²) in [6, 6.07) is 11.7. The van der Waals surface area contributed by atoms with Crippen molar-refractivity contribution >= 4 is 17.2 Å². The van der Waals surface area contributed by atoms with Gasteiger partial charge < -0.3 is 10.6 Å². The summed E-state index contributed by atoms with van der Waals surface area (Å²) in [6.45, 7) is 6.38. The molecule has 0 atom stereocenters. The lowest BCUT2D eigenvalue weighted by Gasteiger charge is -2.20. The lowest BCUT2D eigenvalue weighted by Crippen LogP contribution is -2.17. The molecule has 2 N–H and O–H groups in total. The number of nitrogens with zero attached hydrogens (tertiary/aromatic N) is 3. The Morgan fingerprint density at radius 3 is 2.05 bits per heavy atom. The van der Waals surface area contributed by atoms with Gasteiger partial charge in [0.15, 0.2) is 5.82 Å². The van der Waals surface area contributed by atoms with Crippen LogP contribution >= 0.6 is 0 Å². The van der Waals surface area contributed by atoms with E-state index in [0.717, 1.165) is 22.9 Å². The van der Waals surface area contributed by atoms with Gasteiger partial charge in [-0.25, -0.2) is 0 Å². The van der Waals surface area contributed by atoms with E-state index in [4.69, 9.17) is 5.73 Å². The van der Waals surface area contributed by atoms with Crippen LogP contribution in [-0.2, 0) is 5.41 Å². The maximum atomic E-state index is 5.69. The van der Waals surface area contributed by atoms with Crippen molar-refractivity contribution in [1.29, 1.82) is 0 Å². The van der Waals surface area contributed by atoms with Crippen LogP contribution in [0.3, 0.4) is 0 Å². The standard InChI is InChI=1S/C15H20N4/c1-15(2,3)13-9-10-14(18-17-13)19(4)12-7-5-11(16)6-8-12/h5-10H,16H2,1-4H3. The molecule has 0 spiro atoms. The van der Waals surface area contributed by atoms with Crippen LogP contribution in [-0.4, -0.2) is 17.2 Å². The van der Waals surface area contributed by atoms with E-state index in [2.05, 4.69) is 31.0 Å². The van der Waals surface area contributed by atoms with Gasteiger partial charge in [-0.1, -0.05) is 20.8 Å². The van der Waals surface area contributed by atoms with Crippen molar-refractivity contribution in [2.24, 2.45) is 0 Å². The monoisotopic (exact) mass is 256 g/mol. The van der Waals surface area contributed by atoms with Gasteiger partial charge in [-0.05, 0) is 36.4 Å². The van der Waals surface area contributed by atoms with Crippen LogP contribution in [0.25, 0.3) is 0 Å². The fourth-order valence-corrected chi connectivity index (χ4v) is 1.73. The summed E-state index contributed by atoms with van der Waals surface area (Å²) in [5.41, 5.74) is 8.48. The second-order valence-electron chi connectivity index (χ2n) is 5.68. The van der Waals surface area contributed by atoms with Crippen molar-refractivity contribution in [1.82, 2.24) is 10.2 Å². The molecule has 2 aromatic rings. The molecule has 0 saturated carbocycles. The van der Waals surface area contributed by atoms with Crippen LogP contribution in [0.2, 0.25) is 0 Å². The first-order valence-corrected chi connectivity index (χ1v) is 6.31. The number of hydrogen-bond acceptors (Lipinski definition) is 4. The number of hydrogen-bond donors (Lipinski definition) is 1. The van der Waals surface area contributed by atoms with Gasteiger partial charge in [0.1, 0.15) is 0 Å². The Kier molecular flexibility index (Phi) is 3.42. The fourth-order valence-electron chi connectivity index (χ4n) is 1.73. The first-order valence-electron chi connectivity index (χ1n) is 6.31. The Morgan fingerprint density at radius 1 is 0.947 bits per heavy atom.